The van der Waals surface area contributed by atoms with Crippen LogP contribution in [0.2, 0.25) is 0 Å². The highest BCUT2D eigenvalue weighted by molar-refractivity contribution is 4.84. The number of rotatable bonds is 4. The molecular formula is C16H31N. The van der Waals surface area contributed by atoms with Crippen LogP contribution in [0.25, 0.3) is 0 Å². The Balaban J connectivity index is 1.75. The Morgan fingerprint density at radius 1 is 0.765 bits per heavy atom. The van der Waals surface area contributed by atoms with Gasteiger partial charge in [-0.15, -0.1) is 0 Å². The Morgan fingerprint density at radius 2 is 1.24 bits per heavy atom. The molecule has 0 aromatic heterocycles. The van der Waals surface area contributed by atoms with Crippen molar-refractivity contribution in [1.29, 1.82) is 0 Å². The molecule has 2 aliphatic carbocycles. The summed E-state index contributed by atoms with van der Waals surface area (Å²) in [6.45, 7) is 4.72. The smallest absolute Gasteiger partial charge is 0.00722 e. The predicted molar refractivity (Wildman–Crippen MR) is 75.2 cm³/mol. The first-order valence-electron chi connectivity index (χ1n) is 8.07. The number of nitrogens with one attached hydrogen (secondary N) is 1. The third kappa shape index (κ3) is 3.98. The van der Waals surface area contributed by atoms with Gasteiger partial charge < -0.3 is 5.32 Å². The van der Waals surface area contributed by atoms with E-state index in [1.54, 1.807) is 0 Å². The van der Waals surface area contributed by atoms with Crippen LogP contribution < -0.4 is 5.32 Å². The first kappa shape index (κ1) is 13.4. The Morgan fingerprint density at radius 3 is 1.65 bits per heavy atom. The molecule has 4 unspecified atom stereocenters. The van der Waals surface area contributed by atoms with Crippen LogP contribution in [-0.4, -0.2) is 12.1 Å². The largest absolute Gasteiger partial charge is 0.311 e. The van der Waals surface area contributed by atoms with E-state index in [1.807, 2.05) is 0 Å². The van der Waals surface area contributed by atoms with Gasteiger partial charge in [0.25, 0.3) is 0 Å². The van der Waals surface area contributed by atoms with Crippen LogP contribution >= 0.6 is 0 Å². The maximum Gasteiger partial charge on any atom is 0.00722 e. The molecule has 0 heterocycles. The average molecular weight is 237 g/mol. The molecule has 100 valence electrons. The van der Waals surface area contributed by atoms with Crippen molar-refractivity contribution < 1.29 is 0 Å². The fourth-order valence-electron chi connectivity index (χ4n) is 3.96. The van der Waals surface area contributed by atoms with Crippen LogP contribution in [0.5, 0.6) is 0 Å². The standard InChI is InChI=1S/C16H31N/c1-3-13-7-5-9-15(11-13)17-16-10-6-8-14(4-2)12-16/h13-17H,3-12H2,1-2H3. The lowest BCUT2D eigenvalue weighted by Crippen LogP contribution is -2.43. The molecule has 0 spiro atoms. The second-order valence-electron chi connectivity index (χ2n) is 6.44. The summed E-state index contributed by atoms with van der Waals surface area (Å²) in [5, 5.41) is 3.99. The fraction of sp³-hybridized carbons (Fsp3) is 1.00. The van der Waals surface area contributed by atoms with Crippen LogP contribution in [0.4, 0.5) is 0 Å². The molecular weight excluding hydrogens is 206 g/mol. The highest BCUT2D eigenvalue weighted by atomic mass is 15.0. The summed E-state index contributed by atoms with van der Waals surface area (Å²) in [5.41, 5.74) is 0. The molecule has 0 radical (unpaired) electrons. The molecule has 2 aliphatic rings. The minimum atomic E-state index is 0.842. The number of hydrogen-bond donors (Lipinski definition) is 1. The van der Waals surface area contributed by atoms with Crippen molar-refractivity contribution in [3.05, 3.63) is 0 Å². The maximum atomic E-state index is 3.99. The second-order valence-corrected chi connectivity index (χ2v) is 6.44. The van der Waals surface area contributed by atoms with E-state index in [4.69, 9.17) is 0 Å². The van der Waals surface area contributed by atoms with Crippen molar-refractivity contribution in [2.75, 3.05) is 0 Å². The average Bonchev–Trinajstić information content (AvgIpc) is 2.39. The summed E-state index contributed by atoms with van der Waals surface area (Å²) in [7, 11) is 0. The van der Waals surface area contributed by atoms with Gasteiger partial charge in [0.15, 0.2) is 0 Å². The first-order chi connectivity index (χ1) is 8.31. The summed E-state index contributed by atoms with van der Waals surface area (Å²) in [6.07, 6.45) is 14.4. The highest BCUT2D eigenvalue weighted by Crippen LogP contribution is 2.30. The van der Waals surface area contributed by atoms with Gasteiger partial charge in [-0.05, 0) is 37.5 Å². The summed E-state index contributed by atoms with van der Waals surface area (Å²) in [4.78, 5) is 0. The molecule has 0 aromatic carbocycles. The van der Waals surface area contributed by atoms with Crippen molar-refractivity contribution in [3.8, 4) is 0 Å². The third-order valence-corrected chi connectivity index (χ3v) is 5.19. The van der Waals surface area contributed by atoms with Crippen LogP contribution in [0, 0.1) is 11.8 Å². The molecule has 1 nitrogen and oxygen atoms in total. The molecule has 1 heteroatoms. The molecule has 0 bridgehead atoms. The fourth-order valence-corrected chi connectivity index (χ4v) is 3.96. The Labute approximate surface area is 108 Å². The van der Waals surface area contributed by atoms with Crippen LogP contribution in [0.3, 0.4) is 0 Å². The van der Waals surface area contributed by atoms with Crippen molar-refractivity contribution in [1.82, 2.24) is 5.32 Å². The van der Waals surface area contributed by atoms with Crippen molar-refractivity contribution in [2.24, 2.45) is 11.8 Å². The molecule has 2 fully saturated rings. The molecule has 2 rings (SSSR count). The Bertz CT molecular complexity index is 192. The molecule has 0 aliphatic heterocycles. The molecule has 0 amide bonds. The molecule has 4 atom stereocenters. The van der Waals surface area contributed by atoms with Crippen LogP contribution in [0.15, 0.2) is 0 Å². The van der Waals surface area contributed by atoms with Crippen molar-refractivity contribution in [3.63, 3.8) is 0 Å². The molecule has 2 saturated carbocycles. The van der Waals surface area contributed by atoms with Gasteiger partial charge in [0.2, 0.25) is 0 Å². The molecule has 0 saturated heterocycles. The zero-order valence-corrected chi connectivity index (χ0v) is 11.9. The van der Waals surface area contributed by atoms with Gasteiger partial charge in [-0.2, -0.15) is 0 Å². The molecule has 17 heavy (non-hydrogen) atoms. The summed E-state index contributed by atoms with van der Waals surface area (Å²) < 4.78 is 0. The van der Waals surface area contributed by atoms with E-state index >= 15 is 0 Å². The molecule has 0 aromatic rings. The van der Waals surface area contributed by atoms with Gasteiger partial charge in [0, 0.05) is 12.1 Å². The summed E-state index contributed by atoms with van der Waals surface area (Å²) >= 11 is 0. The van der Waals surface area contributed by atoms with E-state index in [-0.39, 0.29) is 0 Å². The maximum absolute atomic E-state index is 3.99. The van der Waals surface area contributed by atoms with E-state index in [1.165, 1.54) is 64.2 Å². The Hall–Kier alpha value is -0.0400. The van der Waals surface area contributed by atoms with Gasteiger partial charge in [0.1, 0.15) is 0 Å². The van der Waals surface area contributed by atoms with Crippen molar-refractivity contribution in [2.45, 2.75) is 90.1 Å². The lowest BCUT2D eigenvalue weighted by atomic mass is 9.81. The zero-order chi connectivity index (χ0) is 12.1. The van der Waals surface area contributed by atoms with E-state index < -0.39 is 0 Å². The van der Waals surface area contributed by atoms with E-state index in [9.17, 15) is 0 Å². The quantitative estimate of drug-likeness (QED) is 0.758. The van der Waals surface area contributed by atoms with Gasteiger partial charge in [-0.1, -0.05) is 52.4 Å². The minimum Gasteiger partial charge on any atom is -0.311 e. The Kier molecular flexibility index (Phi) is 5.34. The zero-order valence-electron chi connectivity index (χ0n) is 11.9. The van der Waals surface area contributed by atoms with E-state index in [0.717, 1.165) is 23.9 Å². The minimum absolute atomic E-state index is 0.842. The summed E-state index contributed by atoms with van der Waals surface area (Å²) in [5.74, 6) is 2.01. The predicted octanol–water partition coefficient (Wildman–Crippen LogP) is 4.51. The SMILES string of the molecule is CCC1CCCC(NC2CCCC(CC)C2)C1. The van der Waals surface area contributed by atoms with Gasteiger partial charge in [-0.25, -0.2) is 0 Å². The third-order valence-electron chi connectivity index (χ3n) is 5.19. The number of hydrogen-bond acceptors (Lipinski definition) is 1. The van der Waals surface area contributed by atoms with E-state index in [0.29, 0.717) is 0 Å². The summed E-state index contributed by atoms with van der Waals surface area (Å²) in [6, 6.07) is 1.68. The highest BCUT2D eigenvalue weighted by Gasteiger charge is 2.26. The lowest BCUT2D eigenvalue weighted by Gasteiger charge is -2.36. The van der Waals surface area contributed by atoms with Gasteiger partial charge in [-0.3, -0.25) is 0 Å². The normalized spacial score (nSPS) is 39.2. The topological polar surface area (TPSA) is 12.0 Å². The van der Waals surface area contributed by atoms with Gasteiger partial charge >= 0.3 is 0 Å². The van der Waals surface area contributed by atoms with E-state index in [2.05, 4.69) is 19.2 Å². The molecule has 1 N–H and O–H groups in total. The van der Waals surface area contributed by atoms with Gasteiger partial charge in [0.05, 0.1) is 0 Å². The lowest BCUT2D eigenvalue weighted by molar-refractivity contribution is 0.215. The van der Waals surface area contributed by atoms with Crippen molar-refractivity contribution >= 4 is 0 Å². The van der Waals surface area contributed by atoms with Crippen LogP contribution in [0.1, 0.15) is 78.1 Å². The van der Waals surface area contributed by atoms with Crippen LogP contribution in [-0.2, 0) is 0 Å². The monoisotopic (exact) mass is 237 g/mol. The first-order valence-corrected chi connectivity index (χ1v) is 8.07. The second kappa shape index (κ2) is 6.78.